The van der Waals surface area contributed by atoms with Crippen molar-refractivity contribution in [1.82, 2.24) is 9.80 Å². The molecule has 1 saturated carbocycles. The number of carbonyl (C=O) groups excluding carboxylic acids is 2. The first-order chi connectivity index (χ1) is 17.2. The van der Waals surface area contributed by atoms with Gasteiger partial charge in [0.05, 0.1) is 24.6 Å². The standard InChI is InChI=1S/C26H28ClFN2O6/c1-35-23-11-17(3-5-22(23)36-9-8-30-24(31)6-7-25(30)32)15-29(19-12-18(13-19)26(33)34)14-16-2-4-20(27)21(28)10-16/h2-5,10-11,18-19H,6-9,12-15H2,1H3,(H,33,34). The van der Waals surface area contributed by atoms with Crippen molar-refractivity contribution in [3.63, 3.8) is 0 Å². The number of carboxylic acid groups (broad SMARTS) is 1. The van der Waals surface area contributed by atoms with E-state index in [4.69, 9.17) is 21.1 Å². The number of carbonyl (C=O) groups is 3. The molecule has 4 rings (SSSR count). The molecule has 8 nitrogen and oxygen atoms in total. The van der Waals surface area contributed by atoms with Gasteiger partial charge in [0.15, 0.2) is 11.5 Å². The predicted molar refractivity (Wildman–Crippen MR) is 129 cm³/mol. The number of rotatable bonds is 11. The van der Waals surface area contributed by atoms with E-state index in [-0.39, 0.29) is 54.8 Å². The fourth-order valence-corrected chi connectivity index (χ4v) is 4.67. The fourth-order valence-electron chi connectivity index (χ4n) is 4.56. The molecule has 10 heteroatoms. The molecule has 0 unspecified atom stereocenters. The number of carboxylic acids is 1. The quantitative estimate of drug-likeness (QED) is 0.451. The molecule has 2 amide bonds. The summed E-state index contributed by atoms with van der Waals surface area (Å²) in [5.41, 5.74) is 1.66. The molecule has 1 saturated heterocycles. The molecule has 1 aliphatic heterocycles. The number of halogens is 2. The molecular formula is C26H28ClFN2O6. The highest BCUT2D eigenvalue weighted by Crippen LogP contribution is 2.35. The van der Waals surface area contributed by atoms with Crippen molar-refractivity contribution in [3.05, 3.63) is 58.4 Å². The van der Waals surface area contributed by atoms with Crippen molar-refractivity contribution < 1.29 is 33.4 Å². The summed E-state index contributed by atoms with van der Waals surface area (Å²) in [5.74, 6) is -1.06. The van der Waals surface area contributed by atoms with Gasteiger partial charge in [-0.05, 0) is 48.2 Å². The first kappa shape index (κ1) is 25.9. The molecule has 2 aliphatic rings. The molecule has 0 spiro atoms. The van der Waals surface area contributed by atoms with Crippen LogP contribution in [0.3, 0.4) is 0 Å². The Morgan fingerprint density at radius 2 is 1.72 bits per heavy atom. The molecule has 0 radical (unpaired) electrons. The normalized spacial score (nSPS) is 19.5. The van der Waals surface area contributed by atoms with E-state index in [2.05, 4.69) is 4.90 Å². The summed E-state index contributed by atoms with van der Waals surface area (Å²) >= 11 is 5.82. The fraction of sp³-hybridized carbons (Fsp3) is 0.423. The summed E-state index contributed by atoms with van der Waals surface area (Å²) < 4.78 is 25.3. The maximum Gasteiger partial charge on any atom is 0.306 e. The lowest BCUT2D eigenvalue weighted by Crippen LogP contribution is -2.46. The maximum absolute atomic E-state index is 14.0. The van der Waals surface area contributed by atoms with Crippen molar-refractivity contribution >= 4 is 29.4 Å². The van der Waals surface area contributed by atoms with Crippen LogP contribution < -0.4 is 9.47 Å². The van der Waals surface area contributed by atoms with Crippen molar-refractivity contribution in [2.75, 3.05) is 20.3 Å². The summed E-state index contributed by atoms with van der Waals surface area (Å²) in [5, 5.41) is 9.35. The van der Waals surface area contributed by atoms with Gasteiger partial charge >= 0.3 is 5.97 Å². The zero-order valence-corrected chi connectivity index (χ0v) is 20.7. The molecule has 1 heterocycles. The van der Waals surface area contributed by atoms with E-state index in [0.717, 1.165) is 11.1 Å². The number of imide groups is 1. The minimum atomic E-state index is -0.802. The number of hydrogen-bond donors (Lipinski definition) is 1. The Kier molecular flexibility index (Phi) is 8.11. The lowest BCUT2D eigenvalue weighted by molar-refractivity contribution is -0.147. The summed E-state index contributed by atoms with van der Waals surface area (Å²) in [7, 11) is 1.52. The van der Waals surface area contributed by atoms with Crippen LogP contribution in [0, 0.1) is 11.7 Å². The molecule has 0 aromatic heterocycles. The number of hydrogen-bond acceptors (Lipinski definition) is 6. The maximum atomic E-state index is 14.0. The third-order valence-electron chi connectivity index (χ3n) is 6.69. The van der Waals surface area contributed by atoms with Crippen LogP contribution in [0.5, 0.6) is 11.5 Å². The van der Waals surface area contributed by atoms with Crippen LogP contribution in [0.2, 0.25) is 5.02 Å². The lowest BCUT2D eigenvalue weighted by atomic mass is 9.79. The third kappa shape index (κ3) is 5.96. The second-order valence-electron chi connectivity index (χ2n) is 9.09. The van der Waals surface area contributed by atoms with Gasteiger partial charge in [0.25, 0.3) is 0 Å². The topological polar surface area (TPSA) is 96.4 Å². The van der Waals surface area contributed by atoms with E-state index in [9.17, 15) is 23.9 Å². The number of amides is 2. The Hall–Kier alpha value is -3.17. The van der Waals surface area contributed by atoms with Gasteiger partial charge in [-0.3, -0.25) is 24.2 Å². The van der Waals surface area contributed by atoms with Gasteiger partial charge in [0, 0.05) is 32.0 Å². The second kappa shape index (κ2) is 11.3. The highest BCUT2D eigenvalue weighted by atomic mass is 35.5. The van der Waals surface area contributed by atoms with E-state index in [1.165, 1.54) is 24.1 Å². The summed E-state index contributed by atoms with van der Waals surface area (Å²) in [6.07, 6.45) is 1.53. The first-order valence-corrected chi connectivity index (χ1v) is 12.2. The number of nitrogens with zero attached hydrogens (tertiary/aromatic N) is 2. The van der Waals surface area contributed by atoms with Crippen LogP contribution in [0.15, 0.2) is 36.4 Å². The SMILES string of the molecule is COc1cc(CN(Cc2ccc(Cl)c(F)c2)C2CC(C(=O)O)C2)ccc1OCCN1C(=O)CCC1=O. The average molecular weight is 519 g/mol. The second-order valence-corrected chi connectivity index (χ2v) is 9.49. The van der Waals surface area contributed by atoms with E-state index < -0.39 is 11.8 Å². The molecule has 2 fully saturated rings. The minimum absolute atomic E-state index is 0.0438. The Balaban J connectivity index is 1.44. The molecule has 0 bridgehead atoms. The Morgan fingerprint density at radius 3 is 2.33 bits per heavy atom. The van der Waals surface area contributed by atoms with E-state index >= 15 is 0 Å². The number of ether oxygens (including phenoxy) is 2. The van der Waals surface area contributed by atoms with Crippen LogP contribution in [0.4, 0.5) is 4.39 Å². The van der Waals surface area contributed by atoms with Crippen LogP contribution in [0.25, 0.3) is 0 Å². The summed E-state index contributed by atoms with van der Waals surface area (Å²) in [6.45, 7) is 1.26. The molecule has 36 heavy (non-hydrogen) atoms. The van der Waals surface area contributed by atoms with Gasteiger partial charge in [-0.2, -0.15) is 0 Å². The van der Waals surface area contributed by atoms with Crippen LogP contribution >= 0.6 is 11.6 Å². The van der Waals surface area contributed by atoms with Crippen LogP contribution in [-0.4, -0.2) is 59.0 Å². The lowest BCUT2D eigenvalue weighted by Gasteiger charge is -2.41. The number of likely N-dealkylation sites (tertiary alicyclic amines) is 1. The molecule has 0 atom stereocenters. The van der Waals surface area contributed by atoms with Crippen LogP contribution in [-0.2, 0) is 27.5 Å². The molecule has 1 aliphatic carbocycles. The van der Waals surface area contributed by atoms with Crippen molar-refractivity contribution in [2.45, 2.75) is 44.8 Å². The zero-order valence-electron chi connectivity index (χ0n) is 19.9. The zero-order chi connectivity index (χ0) is 25.8. The highest BCUT2D eigenvalue weighted by Gasteiger charge is 2.38. The number of aliphatic carboxylic acids is 1. The Bertz CT molecular complexity index is 1140. The summed E-state index contributed by atoms with van der Waals surface area (Å²) in [6, 6.07) is 10.2. The molecular weight excluding hydrogens is 491 g/mol. The molecule has 2 aromatic rings. The number of benzene rings is 2. The third-order valence-corrected chi connectivity index (χ3v) is 7.00. The van der Waals surface area contributed by atoms with Gasteiger partial charge < -0.3 is 14.6 Å². The van der Waals surface area contributed by atoms with E-state index in [1.807, 2.05) is 12.1 Å². The summed E-state index contributed by atoms with van der Waals surface area (Å²) in [4.78, 5) is 38.2. The van der Waals surface area contributed by atoms with Gasteiger partial charge in [-0.25, -0.2) is 4.39 Å². The van der Waals surface area contributed by atoms with E-state index in [0.29, 0.717) is 37.4 Å². The minimum Gasteiger partial charge on any atom is -0.493 e. The smallest absolute Gasteiger partial charge is 0.306 e. The van der Waals surface area contributed by atoms with Gasteiger partial charge in [0.2, 0.25) is 11.8 Å². The van der Waals surface area contributed by atoms with Crippen molar-refractivity contribution in [3.8, 4) is 11.5 Å². The van der Waals surface area contributed by atoms with Gasteiger partial charge in [-0.15, -0.1) is 0 Å². The van der Waals surface area contributed by atoms with Crippen molar-refractivity contribution in [1.29, 1.82) is 0 Å². The first-order valence-electron chi connectivity index (χ1n) is 11.8. The van der Waals surface area contributed by atoms with Crippen molar-refractivity contribution in [2.24, 2.45) is 5.92 Å². The van der Waals surface area contributed by atoms with Gasteiger partial charge in [0.1, 0.15) is 12.4 Å². The largest absolute Gasteiger partial charge is 0.493 e. The predicted octanol–water partition coefficient (Wildman–Crippen LogP) is 3.88. The van der Waals surface area contributed by atoms with Gasteiger partial charge in [-0.1, -0.05) is 23.7 Å². The monoisotopic (exact) mass is 518 g/mol. The Morgan fingerprint density at radius 1 is 1.08 bits per heavy atom. The van der Waals surface area contributed by atoms with Crippen LogP contribution in [0.1, 0.15) is 36.8 Å². The molecule has 1 N–H and O–H groups in total. The number of methoxy groups -OCH3 is 1. The van der Waals surface area contributed by atoms with E-state index in [1.54, 1.807) is 12.1 Å². The highest BCUT2D eigenvalue weighted by molar-refractivity contribution is 6.30. The molecule has 2 aromatic carbocycles. The Labute approximate surface area is 213 Å². The average Bonchev–Trinajstić information content (AvgIpc) is 3.13. The molecule has 192 valence electrons.